The van der Waals surface area contributed by atoms with E-state index in [1.807, 2.05) is 0 Å². The van der Waals surface area contributed by atoms with Gasteiger partial charge in [0.05, 0.1) is 26.4 Å². The summed E-state index contributed by atoms with van der Waals surface area (Å²) in [6.07, 6.45) is 90.0. The predicted octanol–water partition coefficient (Wildman–Crippen LogP) is 21.9. The largest absolute Gasteiger partial charge is 0.472 e. The fourth-order valence-corrected chi connectivity index (χ4v) is 11.1. The van der Waals surface area contributed by atoms with E-state index in [1.54, 1.807) is 0 Å². The second-order valence-electron chi connectivity index (χ2n) is 24.7. The third kappa shape index (κ3) is 74.2. The van der Waals surface area contributed by atoms with Crippen molar-refractivity contribution >= 4 is 33.6 Å². The number of aliphatic hydroxyl groups is 2. The molecule has 0 aromatic carbocycles. The first kappa shape index (κ1) is 94.2. The monoisotopic (exact) mass is 1420 g/mol. The zero-order valence-corrected chi connectivity index (χ0v) is 63.1. The molecule has 0 saturated carbocycles. The fraction of sp³-hybridized carbons (Fsp3) is 0.642. The van der Waals surface area contributed by atoms with E-state index in [-0.39, 0.29) is 19.3 Å². The molecule has 0 radical (unpaired) electrons. The molecule has 0 saturated heterocycles. The number of phosphoric ester groups is 2. The zero-order chi connectivity index (χ0) is 72.3. The molecule has 0 rings (SSSR count). The number of carbonyl (C=O) groups excluding carboxylic acids is 3. The zero-order valence-electron chi connectivity index (χ0n) is 61.4. The van der Waals surface area contributed by atoms with Crippen molar-refractivity contribution in [1.29, 1.82) is 0 Å². The van der Waals surface area contributed by atoms with Crippen LogP contribution in [0.15, 0.2) is 158 Å². The number of carbonyl (C=O) groups is 3. The molecule has 16 nitrogen and oxygen atoms in total. The first-order valence-electron chi connectivity index (χ1n) is 37.8. The molecule has 0 bridgehead atoms. The van der Waals surface area contributed by atoms with E-state index < -0.39 is 91.5 Å². The van der Waals surface area contributed by atoms with Crippen LogP contribution < -0.4 is 0 Å². The molecule has 0 aromatic heterocycles. The van der Waals surface area contributed by atoms with Gasteiger partial charge >= 0.3 is 33.6 Å². The molecule has 0 aliphatic rings. The second kappa shape index (κ2) is 72.9. The molecule has 18 heteroatoms. The average Bonchev–Trinajstić information content (AvgIpc) is 1.44. The fourth-order valence-electron chi connectivity index (χ4n) is 9.51. The third-order valence-electron chi connectivity index (χ3n) is 15.2. The van der Waals surface area contributed by atoms with Crippen LogP contribution in [0.25, 0.3) is 0 Å². The molecular formula is C81H134O16P2. The van der Waals surface area contributed by atoms with Crippen molar-refractivity contribution in [3.8, 4) is 0 Å². The lowest BCUT2D eigenvalue weighted by Gasteiger charge is -2.21. The van der Waals surface area contributed by atoms with E-state index >= 15 is 0 Å². The van der Waals surface area contributed by atoms with Crippen molar-refractivity contribution in [3.05, 3.63) is 158 Å². The highest BCUT2D eigenvalue weighted by Gasteiger charge is 2.29. The summed E-state index contributed by atoms with van der Waals surface area (Å²) < 4.78 is 61.0. The SMILES string of the molecule is CC/C=C\C/C=C\C/C=C\C/C=C\C/C=C\C/C=C\CCCCCCCCCCC(=O)OCC(O)COP(=O)(O)OCC(O)COP(=O)(O)OCC(COC(=O)CCCC/C=C\C/C=C\C/C=C\C/C=C\C/C=C\C/C=C\CC)OC(=O)CCCCCCC/C=C\CCCCCCCC. The van der Waals surface area contributed by atoms with Gasteiger partial charge in [-0.05, 0) is 148 Å². The van der Waals surface area contributed by atoms with Crippen molar-refractivity contribution in [2.24, 2.45) is 0 Å². The number of hydrogen-bond donors (Lipinski definition) is 4. The van der Waals surface area contributed by atoms with Gasteiger partial charge in [0.25, 0.3) is 0 Å². The van der Waals surface area contributed by atoms with Crippen LogP contribution in [0, 0.1) is 0 Å². The van der Waals surface area contributed by atoms with Crippen LogP contribution in [0.2, 0.25) is 0 Å². The van der Waals surface area contributed by atoms with E-state index in [9.17, 15) is 43.5 Å². The van der Waals surface area contributed by atoms with E-state index in [1.165, 1.54) is 57.8 Å². The Morgan fingerprint density at radius 3 is 0.879 bits per heavy atom. The molecule has 5 atom stereocenters. The van der Waals surface area contributed by atoms with Crippen molar-refractivity contribution in [3.63, 3.8) is 0 Å². The summed E-state index contributed by atoms with van der Waals surface area (Å²) >= 11 is 0. The summed E-state index contributed by atoms with van der Waals surface area (Å²) in [4.78, 5) is 58.6. The summed E-state index contributed by atoms with van der Waals surface area (Å²) in [5.74, 6) is -1.65. The Balaban J connectivity index is 4.65. The lowest BCUT2D eigenvalue weighted by molar-refractivity contribution is -0.161. The van der Waals surface area contributed by atoms with Crippen LogP contribution in [-0.2, 0) is 55.8 Å². The summed E-state index contributed by atoms with van der Waals surface area (Å²) in [6.45, 7) is 2.36. The van der Waals surface area contributed by atoms with Crippen molar-refractivity contribution < 1.29 is 75.8 Å². The summed E-state index contributed by atoms with van der Waals surface area (Å²) in [5.41, 5.74) is 0. The highest BCUT2D eigenvalue weighted by molar-refractivity contribution is 7.47. The molecule has 0 aromatic rings. The first-order chi connectivity index (χ1) is 48.2. The normalized spacial score (nSPS) is 14.9. The Morgan fingerprint density at radius 2 is 0.535 bits per heavy atom. The Hall–Kier alpha value is -4.83. The number of hydrogen-bond acceptors (Lipinski definition) is 14. The minimum absolute atomic E-state index is 0.0802. The predicted molar refractivity (Wildman–Crippen MR) is 408 cm³/mol. The Labute approximate surface area is 600 Å². The summed E-state index contributed by atoms with van der Waals surface area (Å²) in [6, 6.07) is 0. The summed E-state index contributed by atoms with van der Waals surface area (Å²) in [5, 5.41) is 20.6. The van der Waals surface area contributed by atoms with Gasteiger partial charge in [0.15, 0.2) is 6.10 Å². The van der Waals surface area contributed by atoms with Gasteiger partial charge in [-0.2, -0.15) is 0 Å². The minimum atomic E-state index is -4.95. The van der Waals surface area contributed by atoms with Gasteiger partial charge in [0.1, 0.15) is 25.4 Å². The van der Waals surface area contributed by atoms with Crippen molar-refractivity contribution in [1.82, 2.24) is 0 Å². The lowest BCUT2D eigenvalue weighted by atomic mass is 10.1. The van der Waals surface area contributed by atoms with E-state index in [2.05, 4.69) is 179 Å². The molecule has 564 valence electrons. The Bertz CT molecular complexity index is 2430. The number of esters is 3. The van der Waals surface area contributed by atoms with Crippen LogP contribution in [0.3, 0.4) is 0 Å². The van der Waals surface area contributed by atoms with Gasteiger partial charge < -0.3 is 34.2 Å². The van der Waals surface area contributed by atoms with Crippen LogP contribution in [-0.4, -0.2) is 95.9 Å². The van der Waals surface area contributed by atoms with E-state index in [4.69, 9.17) is 32.3 Å². The van der Waals surface area contributed by atoms with Crippen LogP contribution in [0.1, 0.15) is 278 Å². The van der Waals surface area contributed by atoms with Crippen molar-refractivity contribution in [2.45, 2.75) is 296 Å². The smallest absolute Gasteiger partial charge is 0.463 e. The number of phosphoric acid groups is 2. The molecule has 0 amide bonds. The number of aliphatic hydroxyl groups excluding tert-OH is 2. The average molecular weight is 1430 g/mol. The van der Waals surface area contributed by atoms with Crippen LogP contribution in [0.4, 0.5) is 0 Å². The van der Waals surface area contributed by atoms with E-state index in [0.29, 0.717) is 19.3 Å². The number of rotatable bonds is 70. The molecule has 99 heavy (non-hydrogen) atoms. The maximum absolute atomic E-state index is 12.9. The molecule has 5 unspecified atom stereocenters. The Kier molecular flexibility index (Phi) is 69.4. The topological polar surface area (TPSA) is 231 Å². The van der Waals surface area contributed by atoms with Crippen LogP contribution in [0.5, 0.6) is 0 Å². The number of ether oxygens (including phenoxy) is 3. The third-order valence-corrected chi connectivity index (χ3v) is 17.1. The maximum Gasteiger partial charge on any atom is 0.472 e. The molecule has 0 heterocycles. The van der Waals surface area contributed by atoms with Crippen LogP contribution >= 0.6 is 15.6 Å². The van der Waals surface area contributed by atoms with Crippen molar-refractivity contribution in [2.75, 3.05) is 39.6 Å². The molecule has 0 aliphatic heterocycles. The number of allylic oxidation sites excluding steroid dienone is 26. The quantitative estimate of drug-likeness (QED) is 0.0146. The highest BCUT2D eigenvalue weighted by atomic mass is 31.2. The van der Waals surface area contributed by atoms with Gasteiger partial charge in [-0.15, -0.1) is 0 Å². The molecular weight excluding hydrogens is 1290 g/mol. The van der Waals surface area contributed by atoms with Gasteiger partial charge in [0, 0.05) is 19.3 Å². The standard InChI is InChI=1S/C81H134O16P2/c1-4-7-10-13-16-19-22-25-28-30-32-34-35-36-37-38-39-41-43-44-47-49-52-55-58-61-64-67-79(84)91-70-76(82)71-93-98(87,88)94-72-77(83)73-95-99(89,90)96-75-78(97-81(86)69-66-63-60-57-54-51-46-27-24-21-18-15-12-9-6-3)74-92-80(85)68-65-62-59-56-53-50-48-45-42-40-33-31-29-26-23-20-17-14-11-8-5-2/h7-8,10-11,16-17,19-20,25-29,32-34,36-37,39-41,45-46,48,53,56,76-78,82-83H,4-6,9,12-15,18,21-24,30-31,35,38,42-44,47,49-52,54-55,57-75H2,1-3H3,(H,87,88)(H,89,90)/b10-7-,11-8-,19-16-,20-17-,28-25-,29-26-,34-32-,37-36-,40-33-,41-39-,46-27-,48-45-,56-53-. The van der Waals surface area contributed by atoms with Gasteiger partial charge in [-0.3, -0.25) is 32.5 Å². The van der Waals surface area contributed by atoms with E-state index in [0.717, 1.165) is 161 Å². The maximum atomic E-state index is 12.9. The van der Waals surface area contributed by atoms with Gasteiger partial charge in [0.2, 0.25) is 0 Å². The lowest BCUT2D eigenvalue weighted by Crippen LogP contribution is -2.30. The van der Waals surface area contributed by atoms with Gasteiger partial charge in [-0.1, -0.05) is 269 Å². The molecule has 0 aliphatic carbocycles. The van der Waals surface area contributed by atoms with Gasteiger partial charge in [-0.25, -0.2) is 9.13 Å². The molecule has 4 N–H and O–H groups in total. The second-order valence-corrected chi connectivity index (χ2v) is 27.6. The number of unbranched alkanes of at least 4 members (excludes halogenated alkanes) is 21. The highest BCUT2D eigenvalue weighted by Crippen LogP contribution is 2.45. The first-order valence-corrected chi connectivity index (χ1v) is 40.8. The minimum Gasteiger partial charge on any atom is -0.463 e. The summed E-state index contributed by atoms with van der Waals surface area (Å²) in [7, 11) is -9.81. The molecule has 0 spiro atoms. The molecule has 0 fully saturated rings. The Morgan fingerprint density at radius 1 is 0.293 bits per heavy atom.